The Labute approximate surface area is 164 Å². The summed E-state index contributed by atoms with van der Waals surface area (Å²) >= 11 is 0. The van der Waals surface area contributed by atoms with Crippen LogP contribution in [-0.4, -0.2) is 38.6 Å². The number of sulfonamides is 1. The Morgan fingerprint density at radius 1 is 1.04 bits per heavy atom. The molecule has 8 heteroatoms. The third kappa shape index (κ3) is 4.28. The van der Waals surface area contributed by atoms with Crippen LogP contribution in [0.15, 0.2) is 47.4 Å². The second-order valence-corrected chi connectivity index (χ2v) is 8.27. The highest BCUT2D eigenvalue weighted by Crippen LogP contribution is 2.35. The largest absolute Gasteiger partial charge is 0.454 e. The van der Waals surface area contributed by atoms with Crippen LogP contribution < -0.4 is 14.2 Å². The van der Waals surface area contributed by atoms with E-state index in [-0.39, 0.29) is 17.3 Å². The number of hydrogen-bond acceptors (Lipinski definition) is 6. The van der Waals surface area contributed by atoms with Gasteiger partial charge < -0.3 is 14.2 Å². The Morgan fingerprint density at radius 3 is 2.46 bits per heavy atom. The quantitative estimate of drug-likeness (QED) is 0.494. The molecular weight excluding hydrogens is 382 g/mol. The van der Waals surface area contributed by atoms with Crippen molar-refractivity contribution >= 4 is 16.0 Å². The van der Waals surface area contributed by atoms with Crippen LogP contribution >= 0.6 is 0 Å². The van der Waals surface area contributed by atoms with Crippen molar-refractivity contribution in [2.75, 3.05) is 19.9 Å². The van der Waals surface area contributed by atoms with Crippen molar-refractivity contribution in [1.82, 2.24) is 4.31 Å². The summed E-state index contributed by atoms with van der Waals surface area (Å²) in [6.07, 6.45) is 1.43. The molecule has 0 radical (unpaired) electrons. The maximum Gasteiger partial charge on any atom is 0.343 e. The molecule has 28 heavy (non-hydrogen) atoms. The molecular formula is C20H23NO6S. The second-order valence-electron chi connectivity index (χ2n) is 6.34. The van der Waals surface area contributed by atoms with E-state index < -0.39 is 16.0 Å². The SMILES string of the molecule is CCCN(CCC)S(=O)(=O)c1cccc(C(=O)Oc2ccc3c(c2)OCO3)c1. The molecule has 2 aromatic carbocycles. The Hall–Kier alpha value is -2.58. The molecule has 0 N–H and O–H groups in total. The fraction of sp³-hybridized carbons (Fsp3) is 0.350. The molecule has 0 fully saturated rings. The van der Waals surface area contributed by atoms with Gasteiger partial charge in [0.05, 0.1) is 10.5 Å². The van der Waals surface area contributed by atoms with Crippen molar-refractivity contribution in [3.8, 4) is 17.2 Å². The van der Waals surface area contributed by atoms with E-state index in [2.05, 4.69) is 0 Å². The Balaban J connectivity index is 1.81. The van der Waals surface area contributed by atoms with Gasteiger partial charge in [0.15, 0.2) is 11.5 Å². The molecule has 0 aliphatic carbocycles. The molecule has 0 spiro atoms. The van der Waals surface area contributed by atoms with Crippen LogP contribution in [0.3, 0.4) is 0 Å². The van der Waals surface area contributed by atoms with Crippen molar-refractivity contribution in [2.24, 2.45) is 0 Å². The summed E-state index contributed by atoms with van der Waals surface area (Å²) in [6.45, 7) is 4.84. The van der Waals surface area contributed by atoms with Gasteiger partial charge in [-0.05, 0) is 43.2 Å². The van der Waals surface area contributed by atoms with Crippen LogP contribution in [0.25, 0.3) is 0 Å². The lowest BCUT2D eigenvalue weighted by molar-refractivity contribution is 0.0734. The van der Waals surface area contributed by atoms with Crippen LogP contribution in [0.2, 0.25) is 0 Å². The molecule has 0 unspecified atom stereocenters. The average molecular weight is 405 g/mol. The maximum absolute atomic E-state index is 12.9. The molecule has 0 bridgehead atoms. The number of ether oxygens (including phenoxy) is 3. The summed E-state index contributed by atoms with van der Waals surface area (Å²) in [4.78, 5) is 12.6. The van der Waals surface area contributed by atoms with Gasteiger partial charge in [0, 0.05) is 19.2 Å². The van der Waals surface area contributed by atoms with Crippen LogP contribution in [0.1, 0.15) is 37.0 Å². The van der Waals surface area contributed by atoms with Gasteiger partial charge >= 0.3 is 5.97 Å². The van der Waals surface area contributed by atoms with E-state index in [1.54, 1.807) is 24.3 Å². The van der Waals surface area contributed by atoms with Gasteiger partial charge in [-0.15, -0.1) is 0 Å². The molecule has 3 rings (SSSR count). The number of fused-ring (bicyclic) bond motifs is 1. The van der Waals surface area contributed by atoms with Crippen LogP contribution in [0, 0.1) is 0 Å². The molecule has 0 saturated carbocycles. The number of rotatable bonds is 8. The summed E-state index contributed by atoms with van der Waals surface area (Å²) < 4.78 is 43.1. The summed E-state index contributed by atoms with van der Waals surface area (Å²) in [7, 11) is -3.67. The van der Waals surface area contributed by atoms with Gasteiger partial charge in [-0.3, -0.25) is 0 Å². The lowest BCUT2D eigenvalue weighted by Crippen LogP contribution is -2.32. The van der Waals surface area contributed by atoms with E-state index in [0.29, 0.717) is 43.2 Å². The third-order valence-corrected chi connectivity index (χ3v) is 6.10. The lowest BCUT2D eigenvalue weighted by Gasteiger charge is -2.21. The molecule has 7 nitrogen and oxygen atoms in total. The minimum atomic E-state index is -3.67. The standard InChI is InChI=1S/C20H23NO6S/c1-3-10-21(11-4-2)28(23,24)17-7-5-6-15(12-17)20(22)27-16-8-9-18-19(13-16)26-14-25-18/h5-9,12-13H,3-4,10-11,14H2,1-2H3. The van der Waals surface area contributed by atoms with Crippen LogP contribution in [0.4, 0.5) is 0 Å². The molecule has 0 aromatic heterocycles. The Morgan fingerprint density at radius 2 is 1.75 bits per heavy atom. The van der Waals surface area contributed by atoms with E-state index in [1.807, 2.05) is 13.8 Å². The van der Waals surface area contributed by atoms with Crippen molar-refractivity contribution in [3.63, 3.8) is 0 Å². The number of esters is 1. The topological polar surface area (TPSA) is 82.1 Å². The van der Waals surface area contributed by atoms with Crippen molar-refractivity contribution in [2.45, 2.75) is 31.6 Å². The number of benzene rings is 2. The van der Waals surface area contributed by atoms with Gasteiger partial charge in [-0.2, -0.15) is 4.31 Å². The van der Waals surface area contributed by atoms with E-state index in [9.17, 15) is 13.2 Å². The van der Waals surface area contributed by atoms with Crippen LogP contribution in [-0.2, 0) is 10.0 Å². The normalized spacial score (nSPS) is 13.0. The molecule has 1 aliphatic heterocycles. The van der Waals surface area contributed by atoms with Crippen molar-refractivity contribution in [3.05, 3.63) is 48.0 Å². The highest BCUT2D eigenvalue weighted by atomic mass is 32.2. The van der Waals surface area contributed by atoms with Crippen LogP contribution in [0.5, 0.6) is 17.2 Å². The van der Waals surface area contributed by atoms with Gasteiger partial charge in [-0.1, -0.05) is 19.9 Å². The fourth-order valence-electron chi connectivity index (χ4n) is 2.89. The van der Waals surface area contributed by atoms with E-state index >= 15 is 0 Å². The fourth-order valence-corrected chi connectivity index (χ4v) is 4.56. The average Bonchev–Trinajstić information content (AvgIpc) is 3.15. The first-order chi connectivity index (χ1) is 13.5. The smallest absolute Gasteiger partial charge is 0.343 e. The maximum atomic E-state index is 12.9. The van der Waals surface area contributed by atoms with Crippen molar-refractivity contribution < 1.29 is 27.4 Å². The first kappa shape index (κ1) is 20.2. The zero-order valence-corrected chi connectivity index (χ0v) is 16.7. The van der Waals surface area contributed by atoms with E-state index in [1.165, 1.54) is 22.5 Å². The van der Waals surface area contributed by atoms with E-state index in [0.717, 1.165) is 0 Å². The summed E-state index contributed by atoms with van der Waals surface area (Å²) in [5.41, 5.74) is 0.159. The lowest BCUT2D eigenvalue weighted by atomic mass is 10.2. The first-order valence-corrected chi connectivity index (χ1v) is 10.6. The Bertz CT molecular complexity index is 951. The Kier molecular flexibility index (Phi) is 6.21. The molecule has 0 atom stereocenters. The molecule has 0 saturated heterocycles. The van der Waals surface area contributed by atoms with Crippen molar-refractivity contribution in [1.29, 1.82) is 0 Å². The number of carbonyl (C=O) groups is 1. The van der Waals surface area contributed by atoms with Gasteiger partial charge in [0.25, 0.3) is 0 Å². The summed E-state index contributed by atoms with van der Waals surface area (Å²) in [6, 6.07) is 10.7. The second kappa shape index (κ2) is 8.62. The summed E-state index contributed by atoms with van der Waals surface area (Å²) in [5.74, 6) is 0.728. The van der Waals surface area contributed by atoms with Gasteiger partial charge in [0.1, 0.15) is 5.75 Å². The third-order valence-electron chi connectivity index (χ3n) is 4.21. The molecule has 1 aliphatic rings. The zero-order chi connectivity index (χ0) is 20.1. The number of carbonyl (C=O) groups excluding carboxylic acids is 1. The predicted octanol–water partition coefficient (Wildman–Crippen LogP) is 3.45. The highest BCUT2D eigenvalue weighted by molar-refractivity contribution is 7.89. The summed E-state index contributed by atoms with van der Waals surface area (Å²) in [5, 5.41) is 0. The minimum Gasteiger partial charge on any atom is -0.454 e. The number of nitrogens with zero attached hydrogens (tertiary/aromatic N) is 1. The highest BCUT2D eigenvalue weighted by Gasteiger charge is 2.24. The predicted molar refractivity (Wildman–Crippen MR) is 103 cm³/mol. The first-order valence-electron chi connectivity index (χ1n) is 9.17. The number of hydrogen-bond donors (Lipinski definition) is 0. The molecule has 2 aromatic rings. The molecule has 0 amide bonds. The minimum absolute atomic E-state index is 0.0783. The molecule has 1 heterocycles. The van der Waals surface area contributed by atoms with E-state index in [4.69, 9.17) is 14.2 Å². The molecule has 150 valence electrons. The van der Waals surface area contributed by atoms with Gasteiger partial charge in [0.2, 0.25) is 16.8 Å². The zero-order valence-electron chi connectivity index (χ0n) is 15.9. The monoisotopic (exact) mass is 405 g/mol. The van der Waals surface area contributed by atoms with Gasteiger partial charge in [-0.25, -0.2) is 13.2 Å².